The van der Waals surface area contributed by atoms with Crippen LogP contribution in [0.1, 0.15) is 10.4 Å². The minimum absolute atomic E-state index is 0.0771. The van der Waals surface area contributed by atoms with E-state index in [1.165, 1.54) is 35.3 Å². The molecule has 4 rings (SSSR count). The third-order valence-corrected chi connectivity index (χ3v) is 4.86. The molecular formula is C22H19FN6O4. The minimum atomic E-state index is -0.645. The molecule has 33 heavy (non-hydrogen) atoms. The fourth-order valence-corrected chi connectivity index (χ4v) is 3.27. The van der Waals surface area contributed by atoms with Crippen molar-refractivity contribution in [3.63, 3.8) is 0 Å². The van der Waals surface area contributed by atoms with Crippen molar-refractivity contribution >= 4 is 28.3 Å². The zero-order chi connectivity index (χ0) is 23.4. The van der Waals surface area contributed by atoms with Gasteiger partial charge in [-0.05, 0) is 24.3 Å². The van der Waals surface area contributed by atoms with Crippen LogP contribution in [0.5, 0.6) is 0 Å². The molecule has 0 radical (unpaired) electrons. The van der Waals surface area contributed by atoms with Gasteiger partial charge in [0.25, 0.3) is 17.0 Å². The molecule has 0 aliphatic carbocycles. The Hall–Kier alpha value is -4.54. The first-order valence-electron chi connectivity index (χ1n) is 9.99. The summed E-state index contributed by atoms with van der Waals surface area (Å²) in [6.07, 6.45) is 2.77. The summed E-state index contributed by atoms with van der Waals surface area (Å²) in [5, 5.41) is 12.3. The maximum atomic E-state index is 13.7. The number of aromatic nitrogens is 4. The number of carbonyl (C=O) groups excluding carboxylic acids is 2. The number of anilines is 1. The third kappa shape index (κ3) is 4.87. The van der Waals surface area contributed by atoms with Gasteiger partial charge in [-0.1, -0.05) is 24.3 Å². The maximum Gasteiger partial charge on any atom is 0.273 e. The highest BCUT2D eigenvalue weighted by Crippen LogP contribution is 2.11. The van der Waals surface area contributed by atoms with Crippen molar-refractivity contribution < 1.29 is 14.0 Å². The van der Waals surface area contributed by atoms with E-state index < -0.39 is 17.3 Å². The molecule has 0 saturated carbocycles. The predicted octanol–water partition coefficient (Wildman–Crippen LogP) is 1.09. The summed E-state index contributed by atoms with van der Waals surface area (Å²) in [6.45, 7) is 0.0393. The second-order valence-corrected chi connectivity index (χ2v) is 7.15. The number of hydrogen-bond acceptors (Lipinski definition) is 5. The van der Waals surface area contributed by atoms with Crippen molar-refractivity contribution in [1.29, 1.82) is 0 Å². The van der Waals surface area contributed by atoms with Gasteiger partial charge in [0.15, 0.2) is 0 Å². The highest BCUT2D eigenvalue weighted by atomic mass is 19.1. The Balaban J connectivity index is 1.32. The molecule has 0 aliphatic heterocycles. The predicted molar refractivity (Wildman–Crippen MR) is 118 cm³/mol. The molecule has 11 heteroatoms. The third-order valence-electron chi connectivity index (χ3n) is 4.86. The normalized spacial score (nSPS) is 10.8. The molecule has 0 unspecified atom stereocenters. The quantitative estimate of drug-likeness (QED) is 0.388. The van der Waals surface area contributed by atoms with E-state index in [0.717, 1.165) is 4.68 Å². The molecule has 2 aromatic carbocycles. The number of halogens is 1. The molecular weight excluding hydrogens is 431 g/mol. The van der Waals surface area contributed by atoms with Gasteiger partial charge in [-0.2, -0.15) is 5.10 Å². The van der Waals surface area contributed by atoms with Gasteiger partial charge in [0.2, 0.25) is 5.91 Å². The molecule has 10 nitrogen and oxygen atoms in total. The monoisotopic (exact) mass is 450 g/mol. The second-order valence-electron chi connectivity index (χ2n) is 7.15. The van der Waals surface area contributed by atoms with E-state index in [9.17, 15) is 23.6 Å². The summed E-state index contributed by atoms with van der Waals surface area (Å²) < 4.78 is 16.2. The molecule has 0 spiro atoms. The van der Waals surface area contributed by atoms with Gasteiger partial charge in [-0.15, -0.1) is 0 Å². The van der Waals surface area contributed by atoms with Crippen LogP contribution < -0.4 is 21.8 Å². The Morgan fingerprint density at radius 2 is 1.76 bits per heavy atom. The number of amides is 2. The molecule has 0 atom stereocenters. The van der Waals surface area contributed by atoms with Gasteiger partial charge in [-0.3, -0.25) is 29.0 Å². The van der Waals surface area contributed by atoms with Crippen LogP contribution in [0, 0.1) is 5.82 Å². The number of hydrogen-bond donors (Lipinski definition) is 3. The first kappa shape index (κ1) is 21.7. The van der Waals surface area contributed by atoms with Crippen molar-refractivity contribution in [2.24, 2.45) is 0 Å². The second kappa shape index (κ2) is 9.30. The van der Waals surface area contributed by atoms with E-state index in [-0.39, 0.29) is 36.7 Å². The van der Waals surface area contributed by atoms with E-state index >= 15 is 0 Å². The molecule has 2 aromatic heterocycles. The zero-order valence-corrected chi connectivity index (χ0v) is 17.2. The Morgan fingerprint density at radius 3 is 2.55 bits per heavy atom. The van der Waals surface area contributed by atoms with Crippen molar-refractivity contribution in [2.45, 2.75) is 13.1 Å². The number of aromatic amines is 1. The van der Waals surface area contributed by atoms with Crippen molar-refractivity contribution in [2.75, 3.05) is 11.9 Å². The van der Waals surface area contributed by atoms with Gasteiger partial charge < -0.3 is 10.6 Å². The number of nitrogens with zero attached hydrogens (tertiary/aromatic N) is 3. The SMILES string of the molecule is O=C(Cn1cc(NC(=O)c2ccccc2F)cn1)NCCn1[nH]c(=O)c2ccccc2c1=O. The minimum Gasteiger partial charge on any atom is -0.353 e. The average Bonchev–Trinajstić information content (AvgIpc) is 3.23. The summed E-state index contributed by atoms with van der Waals surface area (Å²) in [5.41, 5.74) is -0.555. The Bertz CT molecular complexity index is 1460. The lowest BCUT2D eigenvalue weighted by Gasteiger charge is -2.08. The Kier molecular flexibility index (Phi) is 6.11. The van der Waals surface area contributed by atoms with E-state index in [4.69, 9.17) is 0 Å². The van der Waals surface area contributed by atoms with Gasteiger partial charge >= 0.3 is 0 Å². The number of benzene rings is 2. The van der Waals surface area contributed by atoms with Crippen LogP contribution in [-0.2, 0) is 17.9 Å². The number of rotatable bonds is 7. The fourth-order valence-electron chi connectivity index (χ4n) is 3.27. The Morgan fingerprint density at radius 1 is 1.03 bits per heavy atom. The molecule has 0 bridgehead atoms. The number of H-pyrrole nitrogens is 1. The van der Waals surface area contributed by atoms with Crippen LogP contribution in [0.15, 0.2) is 70.5 Å². The maximum absolute atomic E-state index is 13.7. The van der Waals surface area contributed by atoms with Crippen LogP contribution in [0.3, 0.4) is 0 Å². The van der Waals surface area contributed by atoms with Gasteiger partial charge in [0.1, 0.15) is 12.4 Å². The standard InChI is InChI=1S/C22H19FN6O4/c23-18-8-4-3-7-17(18)20(31)26-14-11-25-28(12-14)13-19(30)24-9-10-29-22(33)16-6-2-1-5-15(16)21(32)27-29/h1-8,11-12H,9-10,13H2,(H,24,30)(H,26,31)(H,27,32). The van der Waals surface area contributed by atoms with E-state index in [1.807, 2.05) is 0 Å². The summed E-state index contributed by atoms with van der Waals surface area (Å²) in [6, 6.07) is 12.1. The average molecular weight is 450 g/mol. The van der Waals surface area contributed by atoms with Crippen LogP contribution in [0.25, 0.3) is 10.8 Å². The fraction of sp³-hybridized carbons (Fsp3) is 0.136. The zero-order valence-electron chi connectivity index (χ0n) is 17.2. The number of fused-ring (bicyclic) bond motifs is 1. The largest absolute Gasteiger partial charge is 0.353 e. The summed E-state index contributed by atoms with van der Waals surface area (Å²) >= 11 is 0. The lowest BCUT2D eigenvalue weighted by molar-refractivity contribution is -0.121. The molecule has 2 amide bonds. The van der Waals surface area contributed by atoms with Crippen LogP contribution in [0.4, 0.5) is 10.1 Å². The molecule has 3 N–H and O–H groups in total. The first-order chi connectivity index (χ1) is 15.9. The lowest BCUT2D eigenvalue weighted by atomic mass is 10.2. The van der Waals surface area contributed by atoms with Gasteiger partial charge in [0, 0.05) is 12.7 Å². The summed E-state index contributed by atoms with van der Waals surface area (Å²) in [5.74, 6) is -1.66. The van der Waals surface area contributed by atoms with Crippen LogP contribution in [0.2, 0.25) is 0 Å². The Labute approximate surface area is 185 Å². The molecule has 168 valence electrons. The van der Waals surface area contributed by atoms with Gasteiger partial charge in [-0.25, -0.2) is 9.07 Å². The van der Waals surface area contributed by atoms with Crippen molar-refractivity contribution in [3.05, 3.63) is 93.0 Å². The number of nitrogens with one attached hydrogen (secondary N) is 3. The topological polar surface area (TPSA) is 131 Å². The summed E-state index contributed by atoms with van der Waals surface area (Å²) in [4.78, 5) is 48.9. The van der Waals surface area contributed by atoms with E-state index in [2.05, 4.69) is 20.8 Å². The summed E-state index contributed by atoms with van der Waals surface area (Å²) in [7, 11) is 0. The lowest BCUT2D eigenvalue weighted by Crippen LogP contribution is -2.36. The smallest absolute Gasteiger partial charge is 0.273 e. The number of carbonyl (C=O) groups is 2. The van der Waals surface area contributed by atoms with E-state index in [0.29, 0.717) is 16.5 Å². The molecule has 0 aliphatic rings. The van der Waals surface area contributed by atoms with Crippen LogP contribution >= 0.6 is 0 Å². The molecule has 4 aromatic rings. The van der Waals surface area contributed by atoms with E-state index in [1.54, 1.807) is 30.3 Å². The molecule has 2 heterocycles. The van der Waals surface area contributed by atoms with Crippen molar-refractivity contribution in [1.82, 2.24) is 24.9 Å². The van der Waals surface area contributed by atoms with Crippen LogP contribution in [-0.4, -0.2) is 37.9 Å². The van der Waals surface area contributed by atoms with Gasteiger partial charge in [0.05, 0.1) is 34.8 Å². The first-order valence-corrected chi connectivity index (χ1v) is 9.99. The van der Waals surface area contributed by atoms with Crippen molar-refractivity contribution in [3.8, 4) is 0 Å². The molecule has 0 fully saturated rings. The molecule has 0 saturated heterocycles. The highest BCUT2D eigenvalue weighted by Gasteiger charge is 2.13. The highest BCUT2D eigenvalue weighted by molar-refractivity contribution is 6.04.